The van der Waals surface area contributed by atoms with Crippen LogP contribution in [0.1, 0.15) is 36.7 Å². The molecule has 2 N–H and O–H groups in total. The molecule has 0 aliphatic carbocycles. The van der Waals surface area contributed by atoms with Gasteiger partial charge in [0.25, 0.3) is 0 Å². The van der Waals surface area contributed by atoms with Crippen molar-refractivity contribution in [3.63, 3.8) is 0 Å². The van der Waals surface area contributed by atoms with Crippen molar-refractivity contribution in [2.24, 2.45) is 0 Å². The van der Waals surface area contributed by atoms with E-state index in [9.17, 15) is 15.1 Å². The van der Waals surface area contributed by atoms with E-state index in [4.69, 9.17) is 0 Å². The summed E-state index contributed by atoms with van der Waals surface area (Å²) in [5.41, 5.74) is 0.719. The number of hydrogen-bond acceptors (Lipinski definition) is 3. The summed E-state index contributed by atoms with van der Waals surface area (Å²) in [6, 6.07) is 0. The second-order valence-corrected chi connectivity index (χ2v) is 3.74. The van der Waals surface area contributed by atoms with Crippen LogP contribution in [0.25, 0.3) is 0 Å². The van der Waals surface area contributed by atoms with E-state index in [0.717, 1.165) is 4.73 Å². The van der Waals surface area contributed by atoms with Gasteiger partial charge in [-0.3, -0.25) is 4.79 Å². The van der Waals surface area contributed by atoms with Crippen LogP contribution in [0.15, 0.2) is 4.79 Å². The largest absolute Gasteiger partial charge is 0.503 e. The summed E-state index contributed by atoms with van der Waals surface area (Å²) < 4.78 is 0.886. The van der Waals surface area contributed by atoms with Crippen LogP contribution in [0, 0.1) is 13.8 Å². The van der Waals surface area contributed by atoms with E-state index in [1.807, 2.05) is 13.8 Å². The molecule has 78 valence electrons. The summed E-state index contributed by atoms with van der Waals surface area (Å²) in [7, 11) is 0. The molecule has 0 atom stereocenters. The molecule has 0 aromatic carbocycles. The Morgan fingerprint density at radius 2 is 1.79 bits per heavy atom. The summed E-state index contributed by atoms with van der Waals surface area (Å²) in [6.07, 6.45) is 0. The molecule has 0 bridgehead atoms. The maximum Gasteiger partial charge on any atom is 0.226 e. The Labute approximate surface area is 82.4 Å². The zero-order valence-corrected chi connectivity index (χ0v) is 8.83. The summed E-state index contributed by atoms with van der Waals surface area (Å²) in [5.74, 6) is -0.346. The minimum absolute atomic E-state index is 0.0343. The van der Waals surface area contributed by atoms with Gasteiger partial charge in [0.1, 0.15) is 0 Å². The van der Waals surface area contributed by atoms with Crippen LogP contribution in [0.4, 0.5) is 0 Å². The molecule has 1 heterocycles. The quantitative estimate of drug-likeness (QED) is 0.671. The Hall–Kier alpha value is -1.45. The Balaban J connectivity index is 3.69. The van der Waals surface area contributed by atoms with Crippen LogP contribution < -0.4 is 5.43 Å². The van der Waals surface area contributed by atoms with Crippen molar-refractivity contribution in [1.29, 1.82) is 0 Å². The molecule has 0 aliphatic rings. The average molecular weight is 197 g/mol. The fraction of sp³-hybridized carbons (Fsp3) is 0.500. The first-order chi connectivity index (χ1) is 6.37. The lowest BCUT2D eigenvalue weighted by Crippen LogP contribution is -2.19. The van der Waals surface area contributed by atoms with Gasteiger partial charge in [-0.05, 0) is 19.8 Å². The fourth-order valence-corrected chi connectivity index (χ4v) is 1.58. The monoisotopic (exact) mass is 197 g/mol. The lowest BCUT2D eigenvalue weighted by Gasteiger charge is -2.16. The molecule has 0 amide bonds. The zero-order chi connectivity index (χ0) is 11.0. The minimum Gasteiger partial charge on any atom is -0.503 e. The standard InChI is InChI=1S/C10H15NO3/c1-5(2)8-6(3)9(12)10(13)7(4)11(8)14/h5,13-14H,1-4H3. The Bertz CT molecular complexity index is 418. The van der Waals surface area contributed by atoms with E-state index in [2.05, 4.69) is 0 Å². The Morgan fingerprint density at radius 3 is 2.21 bits per heavy atom. The van der Waals surface area contributed by atoms with Crippen LogP contribution in [0.5, 0.6) is 5.75 Å². The molecule has 1 rings (SSSR count). The van der Waals surface area contributed by atoms with Gasteiger partial charge >= 0.3 is 0 Å². The van der Waals surface area contributed by atoms with E-state index in [-0.39, 0.29) is 17.4 Å². The van der Waals surface area contributed by atoms with Crippen molar-refractivity contribution < 1.29 is 10.3 Å². The normalized spacial score (nSPS) is 10.9. The third kappa shape index (κ3) is 1.36. The number of aromatic nitrogens is 1. The molecule has 14 heavy (non-hydrogen) atoms. The van der Waals surface area contributed by atoms with Gasteiger partial charge in [0.2, 0.25) is 5.43 Å². The van der Waals surface area contributed by atoms with Gasteiger partial charge in [-0.1, -0.05) is 13.8 Å². The highest BCUT2D eigenvalue weighted by molar-refractivity contribution is 5.35. The Morgan fingerprint density at radius 1 is 1.29 bits per heavy atom. The number of rotatable bonds is 1. The molecule has 0 saturated heterocycles. The summed E-state index contributed by atoms with van der Waals surface area (Å²) >= 11 is 0. The maximum absolute atomic E-state index is 11.5. The second kappa shape index (κ2) is 3.36. The first-order valence-corrected chi connectivity index (χ1v) is 4.52. The molecular weight excluding hydrogens is 182 g/mol. The molecule has 0 fully saturated rings. The van der Waals surface area contributed by atoms with Crippen LogP contribution in [-0.2, 0) is 0 Å². The van der Waals surface area contributed by atoms with Crippen molar-refractivity contribution in [2.45, 2.75) is 33.6 Å². The van der Waals surface area contributed by atoms with Gasteiger partial charge in [-0.2, -0.15) is 4.73 Å². The molecule has 0 spiro atoms. The van der Waals surface area contributed by atoms with E-state index in [1.165, 1.54) is 6.92 Å². The predicted octanol–water partition coefficient (Wildman–Crippen LogP) is 1.53. The van der Waals surface area contributed by atoms with Crippen molar-refractivity contribution in [1.82, 2.24) is 4.73 Å². The number of aromatic hydroxyl groups is 1. The van der Waals surface area contributed by atoms with Gasteiger partial charge in [-0.15, -0.1) is 0 Å². The van der Waals surface area contributed by atoms with E-state index in [1.54, 1.807) is 6.92 Å². The summed E-state index contributed by atoms with van der Waals surface area (Å²) in [4.78, 5) is 11.5. The van der Waals surface area contributed by atoms with Crippen molar-refractivity contribution in [3.05, 3.63) is 27.2 Å². The highest BCUT2D eigenvalue weighted by Crippen LogP contribution is 2.21. The van der Waals surface area contributed by atoms with Crippen LogP contribution in [0.2, 0.25) is 0 Å². The molecule has 0 unspecified atom stereocenters. The maximum atomic E-state index is 11.5. The van der Waals surface area contributed by atoms with Crippen molar-refractivity contribution in [3.8, 4) is 5.75 Å². The van der Waals surface area contributed by atoms with Crippen LogP contribution in [-0.4, -0.2) is 15.0 Å². The number of pyridine rings is 1. The lowest BCUT2D eigenvalue weighted by atomic mass is 10.0. The van der Waals surface area contributed by atoms with Crippen LogP contribution >= 0.6 is 0 Å². The van der Waals surface area contributed by atoms with Gasteiger partial charge in [0.15, 0.2) is 5.75 Å². The zero-order valence-electron chi connectivity index (χ0n) is 8.83. The smallest absolute Gasteiger partial charge is 0.226 e. The molecule has 1 aromatic heterocycles. The SMILES string of the molecule is Cc1c(C(C)C)n(O)c(C)c(O)c1=O. The third-order valence-electron chi connectivity index (χ3n) is 2.38. The second-order valence-electron chi connectivity index (χ2n) is 3.74. The summed E-state index contributed by atoms with van der Waals surface area (Å²) in [6.45, 7) is 6.86. The molecule has 1 aromatic rings. The average Bonchev–Trinajstić information content (AvgIpc) is 2.11. The van der Waals surface area contributed by atoms with Gasteiger partial charge in [-0.25, -0.2) is 0 Å². The predicted molar refractivity (Wildman–Crippen MR) is 53.1 cm³/mol. The van der Waals surface area contributed by atoms with Gasteiger partial charge < -0.3 is 10.3 Å². The number of nitrogens with zero attached hydrogens (tertiary/aromatic N) is 1. The van der Waals surface area contributed by atoms with E-state index < -0.39 is 5.43 Å². The molecular formula is C10H15NO3. The first-order valence-electron chi connectivity index (χ1n) is 4.52. The highest BCUT2D eigenvalue weighted by Gasteiger charge is 2.17. The van der Waals surface area contributed by atoms with Gasteiger partial charge in [0, 0.05) is 5.56 Å². The Kier molecular flexibility index (Phi) is 2.55. The highest BCUT2D eigenvalue weighted by atomic mass is 16.5. The van der Waals surface area contributed by atoms with Gasteiger partial charge in [0.05, 0.1) is 11.4 Å². The third-order valence-corrected chi connectivity index (χ3v) is 2.38. The lowest BCUT2D eigenvalue weighted by molar-refractivity contribution is 0.160. The molecule has 4 nitrogen and oxygen atoms in total. The minimum atomic E-state index is -0.406. The first kappa shape index (κ1) is 10.6. The topological polar surface area (TPSA) is 62.5 Å². The molecule has 0 radical (unpaired) electrons. The van der Waals surface area contributed by atoms with E-state index >= 15 is 0 Å². The van der Waals surface area contributed by atoms with Crippen molar-refractivity contribution >= 4 is 0 Å². The summed E-state index contributed by atoms with van der Waals surface area (Å²) in [5, 5.41) is 19.1. The fourth-order valence-electron chi connectivity index (χ4n) is 1.58. The number of hydrogen-bond donors (Lipinski definition) is 2. The van der Waals surface area contributed by atoms with E-state index in [0.29, 0.717) is 11.3 Å². The molecule has 4 heteroatoms. The molecule has 0 saturated carbocycles. The van der Waals surface area contributed by atoms with Crippen LogP contribution in [0.3, 0.4) is 0 Å². The van der Waals surface area contributed by atoms with Crippen molar-refractivity contribution in [2.75, 3.05) is 0 Å². The molecule has 0 aliphatic heterocycles.